The smallest absolute Gasteiger partial charge is 0.262 e. The van der Waals surface area contributed by atoms with Gasteiger partial charge in [-0.3, -0.25) is 9.59 Å². The van der Waals surface area contributed by atoms with Crippen molar-refractivity contribution in [3.63, 3.8) is 0 Å². The highest BCUT2D eigenvalue weighted by Crippen LogP contribution is 2.39. The van der Waals surface area contributed by atoms with Crippen molar-refractivity contribution in [1.82, 2.24) is 4.90 Å². The van der Waals surface area contributed by atoms with E-state index in [9.17, 15) is 14.0 Å². The first-order valence-corrected chi connectivity index (χ1v) is 12.3. The minimum atomic E-state index is -0.525. The normalized spacial score (nSPS) is 16.5. The second-order valence-corrected chi connectivity index (χ2v) is 9.18. The first-order valence-electron chi connectivity index (χ1n) is 12.3. The minimum absolute atomic E-state index is 0.0126. The number of anilines is 1. The largest absolute Gasteiger partial charge is 0.491 e. The highest BCUT2D eigenvalue weighted by Gasteiger charge is 2.31. The molecule has 36 heavy (non-hydrogen) atoms. The molecule has 1 atom stereocenters. The van der Waals surface area contributed by atoms with Crippen LogP contribution >= 0.6 is 0 Å². The van der Waals surface area contributed by atoms with Gasteiger partial charge in [0, 0.05) is 24.6 Å². The SMILES string of the molecule is O=C1COc2ccc(C(=O)N3CCC([C@@H](c4ccccc4)c4cccc(OCCF)c4)CC3)cc2N1. The second kappa shape index (κ2) is 10.8. The van der Waals surface area contributed by atoms with E-state index in [0.29, 0.717) is 41.8 Å². The van der Waals surface area contributed by atoms with E-state index in [-0.39, 0.29) is 30.9 Å². The molecule has 3 aromatic rings. The van der Waals surface area contributed by atoms with Gasteiger partial charge in [0.1, 0.15) is 24.8 Å². The van der Waals surface area contributed by atoms with E-state index < -0.39 is 6.67 Å². The van der Waals surface area contributed by atoms with Crippen LogP contribution in [0.15, 0.2) is 72.8 Å². The lowest BCUT2D eigenvalue weighted by atomic mass is 9.76. The number of benzene rings is 3. The molecule has 6 nitrogen and oxygen atoms in total. The van der Waals surface area contributed by atoms with Crippen molar-refractivity contribution in [3.05, 3.63) is 89.5 Å². The molecule has 0 aromatic heterocycles. The summed E-state index contributed by atoms with van der Waals surface area (Å²) >= 11 is 0. The van der Waals surface area contributed by atoms with Crippen LogP contribution in [-0.2, 0) is 4.79 Å². The van der Waals surface area contributed by atoms with Gasteiger partial charge in [-0.1, -0.05) is 42.5 Å². The fourth-order valence-corrected chi connectivity index (χ4v) is 5.19. The van der Waals surface area contributed by atoms with Gasteiger partial charge < -0.3 is 19.7 Å². The molecule has 0 radical (unpaired) electrons. The van der Waals surface area contributed by atoms with Gasteiger partial charge >= 0.3 is 0 Å². The Hall–Kier alpha value is -3.87. The lowest BCUT2D eigenvalue weighted by molar-refractivity contribution is -0.118. The van der Waals surface area contributed by atoms with Gasteiger partial charge in [0.2, 0.25) is 0 Å². The Bertz CT molecular complexity index is 1220. The topological polar surface area (TPSA) is 67.9 Å². The number of nitrogens with one attached hydrogen (secondary N) is 1. The number of carbonyl (C=O) groups is 2. The predicted octanol–water partition coefficient (Wildman–Crippen LogP) is 5.05. The summed E-state index contributed by atoms with van der Waals surface area (Å²) in [5, 5.41) is 2.77. The van der Waals surface area contributed by atoms with Gasteiger partial charge in [0.05, 0.1) is 5.69 Å². The molecule has 0 aliphatic carbocycles. The van der Waals surface area contributed by atoms with Crippen molar-refractivity contribution in [2.75, 3.05) is 38.3 Å². The monoisotopic (exact) mass is 488 g/mol. The number of carbonyl (C=O) groups excluding carboxylic acids is 2. The highest BCUT2D eigenvalue weighted by atomic mass is 19.1. The number of hydrogen-bond donors (Lipinski definition) is 1. The maximum absolute atomic E-state index is 13.3. The van der Waals surface area contributed by atoms with Crippen LogP contribution in [0.4, 0.5) is 10.1 Å². The van der Waals surface area contributed by atoms with E-state index in [0.717, 1.165) is 18.4 Å². The lowest BCUT2D eigenvalue weighted by Crippen LogP contribution is -2.40. The maximum Gasteiger partial charge on any atom is 0.262 e. The van der Waals surface area contributed by atoms with E-state index in [1.54, 1.807) is 18.2 Å². The van der Waals surface area contributed by atoms with E-state index >= 15 is 0 Å². The number of nitrogens with zero attached hydrogens (tertiary/aromatic N) is 1. The average molecular weight is 489 g/mol. The summed E-state index contributed by atoms with van der Waals surface area (Å²) in [7, 11) is 0. The van der Waals surface area contributed by atoms with E-state index in [1.165, 1.54) is 5.56 Å². The number of ether oxygens (including phenoxy) is 2. The third-order valence-electron chi connectivity index (χ3n) is 6.88. The average Bonchev–Trinajstić information content (AvgIpc) is 2.92. The van der Waals surface area contributed by atoms with Crippen molar-refractivity contribution in [2.24, 2.45) is 5.92 Å². The van der Waals surface area contributed by atoms with Gasteiger partial charge in [-0.05, 0) is 60.2 Å². The van der Waals surface area contributed by atoms with Crippen LogP contribution in [0, 0.1) is 5.92 Å². The van der Waals surface area contributed by atoms with Crippen molar-refractivity contribution in [3.8, 4) is 11.5 Å². The maximum atomic E-state index is 13.3. The van der Waals surface area contributed by atoms with E-state index in [2.05, 4.69) is 23.5 Å². The quantitative estimate of drug-likeness (QED) is 0.505. The highest BCUT2D eigenvalue weighted by molar-refractivity contribution is 5.99. The summed E-state index contributed by atoms with van der Waals surface area (Å²) in [5.74, 6) is 1.46. The summed E-state index contributed by atoms with van der Waals surface area (Å²) in [6.07, 6.45) is 1.71. The third-order valence-corrected chi connectivity index (χ3v) is 6.88. The van der Waals surface area contributed by atoms with Crippen LogP contribution in [0.25, 0.3) is 0 Å². The summed E-state index contributed by atoms with van der Waals surface area (Å²) in [5.41, 5.74) is 3.42. The predicted molar refractivity (Wildman–Crippen MR) is 135 cm³/mol. The summed E-state index contributed by atoms with van der Waals surface area (Å²) < 4.78 is 23.6. The van der Waals surface area contributed by atoms with Gasteiger partial charge in [0.15, 0.2) is 6.61 Å². The zero-order chi connectivity index (χ0) is 24.9. The molecule has 1 saturated heterocycles. The Morgan fingerprint density at radius 2 is 1.81 bits per heavy atom. The van der Waals surface area contributed by atoms with Crippen LogP contribution in [0.2, 0.25) is 0 Å². The van der Waals surface area contributed by atoms with E-state index in [1.807, 2.05) is 41.3 Å². The number of amides is 2. The molecule has 3 aromatic carbocycles. The Kier molecular flexibility index (Phi) is 7.16. The molecule has 1 fully saturated rings. The second-order valence-electron chi connectivity index (χ2n) is 9.18. The van der Waals surface area contributed by atoms with Crippen LogP contribution < -0.4 is 14.8 Å². The first-order chi connectivity index (χ1) is 17.6. The summed E-state index contributed by atoms with van der Waals surface area (Å²) in [4.78, 5) is 26.8. The molecular weight excluding hydrogens is 459 g/mol. The number of rotatable bonds is 7. The van der Waals surface area contributed by atoms with Crippen LogP contribution in [-0.4, -0.2) is 49.7 Å². The van der Waals surface area contributed by atoms with Gasteiger partial charge in [-0.15, -0.1) is 0 Å². The van der Waals surface area contributed by atoms with Crippen molar-refractivity contribution < 1.29 is 23.5 Å². The molecule has 0 spiro atoms. The number of likely N-dealkylation sites (tertiary alicyclic amines) is 1. The molecule has 2 aliphatic heterocycles. The van der Waals surface area contributed by atoms with Crippen LogP contribution in [0.5, 0.6) is 11.5 Å². The molecule has 0 bridgehead atoms. The number of fused-ring (bicyclic) bond motifs is 1. The molecule has 2 heterocycles. The molecule has 1 N–H and O–H groups in total. The van der Waals surface area contributed by atoms with Gasteiger partial charge in [-0.2, -0.15) is 0 Å². The molecule has 2 amide bonds. The van der Waals surface area contributed by atoms with Crippen LogP contribution in [0.3, 0.4) is 0 Å². The molecular formula is C29H29FN2O4. The summed E-state index contributed by atoms with van der Waals surface area (Å²) in [6, 6.07) is 23.5. The van der Waals surface area contributed by atoms with Crippen molar-refractivity contribution in [2.45, 2.75) is 18.8 Å². The zero-order valence-electron chi connectivity index (χ0n) is 20.0. The zero-order valence-corrected chi connectivity index (χ0v) is 20.0. The van der Waals surface area contributed by atoms with Crippen molar-refractivity contribution in [1.29, 1.82) is 0 Å². The lowest BCUT2D eigenvalue weighted by Gasteiger charge is -2.37. The van der Waals surface area contributed by atoms with Crippen molar-refractivity contribution >= 4 is 17.5 Å². The van der Waals surface area contributed by atoms with Gasteiger partial charge in [-0.25, -0.2) is 4.39 Å². The molecule has 0 saturated carbocycles. The van der Waals surface area contributed by atoms with Gasteiger partial charge in [0.25, 0.3) is 11.8 Å². The Labute approximate surface area is 210 Å². The fraction of sp³-hybridized carbons (Fsp3) is 0.310. The molecule has 7 heteroatoms. The number of alkyl halides is 1. The van der Waals surface area contributed by atoms with E-state index in [4.69, 9.17) is 9.47 Å². The summed E-state index contributed by atoms with van der Waals surface area (Å²) in [6.45, 7) is 0.789. The van der Waals surface area contributed by atoms with Crippen LogP contribution in [0.1, 0.15) is 40.2 Å². The molecule has 0 unspecified atom stereocenters. The number of piperidine rings is 1. The Morgan fingerprint density at radius 3 is 2.58 bits per heavy atom. The molecule has 2 aliphatic rings. The fourth-order valence-electron chi connectivity index (χ4n) is 5.19. The number of halogens is 1. The Balaban J connectivity index is 1.32. The third kappa shape index (κ3) is 5.20. The minimum Gasteiger partial charge on any atom is -0.491 e. The molecule has 5 rings (SSSR count). The first kappa shape index (κ1) is 23.9. The number of hydrogen-bond acceptors (Lipinski definition) is 4. The molecule has 186 valence electrons. The Morgan fingerprint density at radius 1 is 1.03 bits per heavy atom. The standard InChI is InChI=1S/C29H29FN2O4/c30-13-16-35-24-8-4-7-22(17-24)28(20-5-2-1-3-6-20)21-11-14-32(15-12-21)29(34)23-9-10-26-25(18-23)31-27(33)19-36-26/h1-10,17-18,21,28H,11-16,19H2,(H,31,33)/t28-/m1/s1.